The zero-order chi connectivity index (χ0) is 36.3. The summed E-state index contributed by atoms with van der Waals surface area (Å²) in [6.07, 6.45) is 1.37. The van der Waals surface area contributed by atoms with E-state index in [-0.39, 0.29) is 36.9 Å². The third kappa shape index (κ3) is 10.8. The lowest BCUT2D eigenvalue weighted by Gasteiger charge is -2.35. The normalized spacial score (nSPS) is 16.0. The van der Waals surface area contributed by atoms with E-state index in [1.807, 2.05) is 35.7 Å². The molecule has 5 N–H and O–H groups in total. The molecule has 3 aromatic rings. The van der Waals surface area contributed by atoms with Crippen LogP contribution in [-0.2, 0) is 39.1 Å². The van der Waals surface area contributed by atoms with E-state index in [9.17, 15) is 28.2 Å². The summed E-state index contributed by atoms with van der Waals surface area (Å²) in [7, 11) is -0.976. The molecule has 2 aromatic carbocycles. The molecule has 3 amide bonds. The first kappa shape index (κ1) is 38.9. The molecular weight excluding hydrogens is 685 g/mol. The number of aliphatic hydroxyl groups excluding tert-OH is 2. The maximum Gasteiger partial charge on any atom is 0.318 e. The Morgan fingerprint density at radius 2 is 1.82 bits per heavy atom. The number of methoxy groups -OCH3 is 1. The Kier molecular flexibility index (Phi) is 14.3. The number of aliphatic hydroxyl groups is 2. The Hall–Kier alpha value is -3.93. The largest absolute Gasteiger partial charge is 0.411 e. The third-order valence-electron chi connectivity index (χ3n) is 8.55. The van der Waals surface area contributed by atoms with Gasteiger partial charge in [0, 0.05) is 32.6 Å². The molecule has 1 aromatic heterocycles. The van der Waals surface area contributed by atoms with Crippen molar-refractivity contribution in [3.05, 3.63) is 81.8 Å². The molecule has 0 aliphatic heterocycles. The average Bonchev–Trinajstić information content (AvgIpc) is 3.51. The first-order chi connectivity index (χ1) is 23.9. The fourth-order valence-corrected chi connectivity index (χ4v) is 7.80. The second-order valence-electron chi connectivity index (χ2n) is 12.5. The monoisotopic (exact) mass is 730 g/mol. The number of carbonyl (C=O) groups excluding carboxylic acids is 2. The Morgan fingerprint density at radius 3 is 2.42 bits per heavy atom. The topological polar surface area (TPSA) is 194 Å². The Labute approximate surface area is 296 Å². The molecule has 4 atom stereocenters. The second kappa shape index (κ2) is 18.3. The predicted molar refractivity (Wildman–Crippen MR) is 188 cm³/mol. The maximum absolute atomic E-state index is 13.9. The van der Waals surface area contributed by atoms with Crippen molar-refractivity contribution in [3.8, 4) is 0 Å². The van der Waals surface area contributed by atoms with Gasteiger partial charge in [0.25, 0.3) is 0 Å². The van der Waals surface area contributed by atoms with Gasteiger partial charge in [-0.05, 0) is 55.4 Å². The Balaban J connectivity index is 1.52. The lowest BCUT2D eigenvalue weighted by atomic mass is 9.85. The summed E-state index contributed by atoms with van der Waals surface area (Å²) >= 11 is 1.40. The lowest BCUT2D eigenvalue weighted by Crippen LogP contribution is -2.59. The molecule has 0 saturated heterocycles. The van der Waals surface area contributed by atoms with E-state index >= 15 is 0 Å². The highest BCUT2D eigenvalue weighted by Gasteiger charge is 2.35. The number of aromatic nitrogens is 1. The van der Waals surface area contributed by atoms with Crippen LogP contribution in [0.3, 0.4) is 0 Å². The molecule has 1 fully saturated rings. The maximum atomic E-state index is 13.9. The SMILES string of the molecule is COCc1nc(CN(C)C(=O)N[C@H](C(=O)N[C@@H](Cc2ccccc2)[C@H](O)CN(CC2CCC2)S(=O)(=O)c2ccc(C=NO)cc2)[C@H](C)O)cs1. The van der Waals surface area contributed by atoms with Crippen LogP contribution in [0.25, 0.3) is 0 Å². The van der Waals surface area contributed by atoms with Crippen LogP contribution in [-0.4, -0.2) is 108 Å². The number of thiazole rings is 1. The molecule has 1 aliphatic rings. The van der Waals surface area contributed by atoms with Gasteiger partial charge >= 0.3 is 6.03 Å². The van der Waals surface area contributed by atoms with Crippen molar-refractivity contribution in [1.82, 2.24) is 24.8 Å². The summed E-state index contributed by atoms with van der Waals surface area (Å²) in [5.74, 6) is -0.616. The van der Waals surface area contributed by atoms with Crippen LogP contribution in [0.5, 0.6) is 0 Å². The standard InChI is InChI=1S/C34H46N6O8S2/c1-23(41)32(38-34(44)39(2)19-27-22-49-31(36-27)21-48-3)33(43)37-29(16-24-8-5-4-6-9-24)30(42)20-40(18-26-10-7-11-26)50(46,47)28-14-12-25(13-15-28)17-35-45/h4-6,8-9,12-15,17,22-23,26,29-30,32,41-42,45H,7,10-11,16,18-21H2,1-3H3,(H,37,43)(H,38,44)/t23-,29-,30+,32-/m0/s1. The van der Waals surface area contributed by atoms with Crippen LogP contribution in [0, 0.1) is 5.92 Å². The smallest absolute Gasteiger partial charge is 0.318 e. The molecule has 272 valence electrons. The van der Waals surface area contributed by atoms with E-state index in [1.54, 1.807) is 7.11 Å². The van der Waals surface area contributed by atoms with E-state index < -0.39 is 46.3 Å². The number of nitrogens with zero attached hydrogens (tertiary/aromatic N) is 4. The molecule has 4 rings (SSSR count). The van der Waals surface area contributed by atoms with Gasteiger partial charge in [-0.3, -0.25) is 4.79 Å². The zero-order valence-electron chi connectivity index (χ0n) is 28.4. The van der Waals surface area contributed by atoms with Crippen molar-refractivity contribution in [2.75, 3.05) is 27.2 Å². The molecule has 14 nitrogen and oxygen atoms in total. The van der Waals surface area contributed by atoms with Crippen LogP contribution in [0.1, 0.15) is 48.0 Å². The van der Waals surface area contributed by atoms with Gasteiger partial charge in [0.2, 0.25) is 15.9 Å². The van der Waals surface area contributed by atoms with E-state index in [2.05, 4.69) is 20.8 Å². The van der Waals surface area contributed by atoms with Gasteiger partial charge in [-0.1, -0.05) is 54.0 Å². The van der Waals surface area contributed by atoms with Crippen molar-refractivity contribution in [2.45, 2.75) is 74.9 Å². The number of sulfonamides is 1. The van der Waals surface area contributed by atoms with Crippen LogP contribution in [0.4, 0.5) is 4.79 Å². The fourth-order valence-electron chi connectivity index (χ4n) is 5.51. The molecule has 50 heavy (non-hydrogen) atoms. The number of rotatable bonds is 18. The van der Waals surface area contributed by atoms with E-state index in [1.165, 1.54) is 65.0 Å². The van der Waals surface area contributed by atoms with Gasteiger partial charge in [-0.2, -0.15) is 4.31 Å². The molecular formula is C34H46N6O8S2. The highest BCUT2D eigenvalue weighted by molar-refractivity contribution is 7.89. The average molecular weight is 731 g/mol. The minimum atomic E-state index is -4.08. The Bertz CT molecular complexity index is 1670. The quantitative estimate of drug-likeness (QED) is 0.0743. The van der Waals surface area contributed by atoms with Gasteiger partial charge in [0.05, 0.1) is 48.2 Å². The molecule has 0 bridgehead atoms. The zero-order valence-corrected chi connectivity index (χ0v) is 30.0. The Morgan fingerprint density at radius 1 is 1.12 bits per heavy atom. The number of amides is 3. The first-order valence-corrected chi connectivity index (χ1v) is 18.6. The van der Waals surface area contributed by atoms with E-state index in [0.29, 0.717) is 17.9 Å². The fraction of sp³-hybridized carbons (Fsp3) is 0.471. The van der Waals surface area contributed by atoms with Gasteiger partial charge in [-0.25, -0.2) is 18.2 Å². The summed E-state index contributed by atoms with van der Waals surface area (Å²) in [6, 6.07) is 12.0. The minimum absolute atomic E-state index is 0.0105. The molecule has 0 unspecified atom stereocenters. The molecule has 0 spiro atoms. The summed E-state index contributed by atoms with van der Waals surface area (Å²) in [4.78, 5) is 32.6. The van der Waals surface area contributed by atoms with Crippen molar-refractivity contribution in [2.24, 2.45) is 11.1 Å². The summed E-state index contributed by atoms with van der Waals surface area (Å²) in [6.45, 7) is 1.74. The van der Waals surface area contributed by atoms with Gasteiger partial charge in [0.1, 0.15) is 11.0 Å². The van der Waals surface area contributed by atoms with Gasteiger partial charge in [0.15, 0.2) is 0 Å². The number of carbonyl (C=O) groups is 2. The number of ether oxygens (including phenoxy) is 1. The first-order valence-electron chi connectivity index (χ1n) is 16.3. The lowest BCUT2D eigenvalue weighted by molar-refractivity contribution is -0.127. The highest BCUT2D eigenvalue weighted by Crippen LogP contribution is 2.30. The summed E-state index contributed by atoms with van der Waals surface area (Å²) in [5.41, 5.74) is 1.92. The number of nitrogens with one attached hydrogen (secondary N) is 2. The van der Waals surface area contributed by atoms with Crippen LogP contribution < -0.4 is 10.6 Å². The predicted octanol–water partition coefficient (Wildman–Crippen LogP) is 2.57. The van der Waals surface area contributed by atoms with Crippen molar-refractivity contribution in [1.29, 1.82) is 0 Å². The summed E-state index contributed by atoms with van der Waals surface area (Å²) in [5, 5.41) is 42.0. The molecule has 0 radical (unpaired) electrons. The molecule has 16 heteroatoms. The van der Waals surface area contributed by atoms with E-state index in [4.69, 9.17) is 9.94 Å². The van der Waals surface area contributed by atoms with Gasteiger partial charge in [-0.15, -0.1) is 11.3 Å². The number of oxime groups is 1. The third-order valence-corrected chi connectivity index (χ3v) is 11.3. The van der Waals surface area contributed by atoms with Crippen LogP contribution >= 0.6 is 11.3 Å². The molecule has 1 aliphatic carbocycles. The van der Waals surface area contributed by atoms with Crippen molar-refractivity contribution >= 4 is 39.5 Å². The summed E-state index contributed by atoms with van der Waals surface area (Å²) < 4.78 is 34.2. The number of urea groups is 1. The van der Waals surface area contributed by atoms with Crippen molar-refractivity contribution in [3.63, 3.8) is 0 Å². The van der Waals surface area contributed by atoms with Gasteiger partial charge < -0.3 is 35.7 Å². The highest BCUT2D eigenvalue weighted by atomic mass is 32.2. The molecule has 1 heterocycles. The molecule has 1 saturated carbocycles. The van der Waals surface area contributed by atoms with Crippen molar-refractivity contribution < 1.29 is 38.2 Å². The van der Waals surface area contributed by atoms with Crippen LogP contribution in [0.15, 0.2) is 70.0 Å². The minimum Gasteiger partial charge on any atom is -0.411 e. The number of hydrogen-bond acceptors (Lipinski definition) is 11. The van der Waals surface area contributed by atoms with E-state index in [0.717, 1.165) is 29.8 Å². The second-order valence-corrected chi connectivity index (χ2v) is 15.4. The number of benzene rings is 2. The van der Waals surface area contributed by atoms with Crippen LogP contribution in [0.2, 0.25) is 0 Å². The number of hydrogen-bond donors (Lipinski definition) is 5.